The van der Waals surface area contributed by atoms with Crippen LogP contribution in [0.5, 0.6) is 23.0 Å². The van der Waals surface area contributed by atoms with Crippen molar-refractivity contribution in [3.8, 4) is 23.0 Å². The summed E-state index contributed by atoms with van der Waals surface area (Å²) in [4.78, 5) is 34.1. The van der Waals surface area contributed by atoms with Gasteiger partial charge in [0.1, 0.15) is 18.3 Å². The van der Waals surface area contributed by atoms with Crippen LogP contribution < -0.4 is 18.9 Å². The summed E-state index contributed by atoms with van der Waals surface area (Å²) in [6.45, 7) is 2.58. The van der Waals surface area contributed by atoms with E-state index in [1.165, 1.54) is 13.2 Å². The number of imidazole rings is 1. The van der Waals surface area contributed by atoms with Crippen LogP contribution in [-0.2, 0) is 11.3 Å². The van der Waals surface area contributed by atoms with E-state index >= 15 is 0 Å². The van der Waals surface area contributed by atoms with Crippen LogP contribution >= 0.6 is 0 Å². The van der Waals surface area contributed by atoms with Gasteiger partial charge in [-0.15, -0.1) is 0 Å². The number of aliphatic hydroxyl groups is 3. The first-order valence-electron chi connectivity index (χ1n) is 14.1. The number of benzene rings is 2. The summed E-state index contributed by atoms with van der Waals surface area (Å²) in [5.41, 5.74) is 1.90. The van der Waals surface area contributed by atoms with Crippen LogP contribution in [0.15, 0.2) is 43.0 Å². The summed E-state index contributed by atoms with van der Waals surface area (Å²) in [5.74, 6) is 0.127. The lowest BCUT2D eigenvalue weighted by Crippen LogP contribution is -2.58. The Kier molecular flexibility index (Phi) is 6.77. The topological polar surface area (TPSA) is 162 Å². The van der Waals surface area contributed by atoms with Gasteiger partial charge in [-0.3, -0.25) is 9.59 Å². The molecule has 1 aliphatic carbocycles. The van der Waals surface area contributed by atoms with Gasteiger partial charge in [0.25, 0.3) is 5.91 Å². The van der Waals surface area contributed by atoms with Crippen molar-refractivity contribution in [1.29, 1.82) is 0 Å². The lowest BCUT2D eigenvalue weighted by Gasteiger charge is -2.40. The Labute approximate surface area is 246 Å². The van der Waals surface area contributed by atoms with E-state index in [1.54, 1.807) is 42.5 Å². The highest BCUT2D eigenvalue weighted by Gasteiger charge is 2.51. The third kappa shape index (κ3) is 4.42. The average molecular weight is 594 g/mol. The monoisotopic (exact) mass is 593 g/mol. The molecule has 3 aromatic rings. The average Bonchev–Trinajstić information content (AvgIpc) is 3.75. The molecule has 0 bridgehead atoms. The molecule has 4 heterocycles. The van der Waals surface area contributed by atoms with Crippen LogP contribution in [0.25, 0.3) is 0 Å². The number of ether oxygens (including phenoxy) is 5. The van der Waals surface area contributed by atoms with Crippen molar-refractivity contribution in [3.05, 3.63) is 65.2 Å². The number of hydrogen-bond donors (Lipinski definition) is 3. The van der Waals surface area contributed by atoms with Gasteiger partial charge < -0.3 is 48.5 Å². The number of hydrogen-bond acceptors (Lipinski definition) is 11. The molecule has 4 aliphatic rings. The van der Waals surface area contributed by atoms with Crippen molar-refractivity contribution in [2.75, 3.05) is 20.4 Å². The molecule has 13 nitrogen and oxygen atoms in total. The fourth-order valence-electron chi connectivity index (χ4n) is 6.44. The molecular weight excluding hydrogens is 562 g/mol. The number of aliphatic hydroxyl groups excluding tert-OH is 3. The van der Waals surface area contributed by atoms with Gasteiger partial charge in [-0.25, -0.2) is 4.98 Å². The Hall–Kier alpha value is -4.17. The zero-order chi connectivity index (χ0) is 30.0. The number of amides is 1. The molecule has 0 spiro atoms. The number of carbonyl (C=O) groups is 2. The van der Waals surface area contributed by atoms with Crippen LogP contribution in [0, 0.1) is 0 Å². The van der Waals surface area contributed by atoms with Crippen LogP contribution in [0.4, 0.5) is 0 Å². The van der Waals surface area contributed by atoms with Gasteiger partial charge in [-0.2, -0.15) is 0 Å². The lowest BCUT2D eigenvalue weighted by molar-refractivity contribution is -0.268. The number of methoxy groups -OCH3 is 1. The molecule has 3 N–H and O–H groups in total. The number of aryl methyl sites for hydroxylation is 1. The quantitative estimate of drug-likeness (QED) is 0.363. The first-order valence-corrected chi connectivity index (χ1v) is 14.1. The second kappa shape index (κ2) is 10.5. The van der Waals surface area contributed by atoms with Gasteiger partial charge >= 0.3 is 0 Å². The summed E-state index contributed by atoms with van der Waals surface area (Å²) in [5, 5.41) is 30.9. The fraction of sp³-hybridized carbons (Fsp3) is 0.433. The normalized spacial score (nSPS) is 28.9. The molecule has 7 atom stereocenters. The predicted molar refractivity (Wildman–Crippen MR) is 146 cm³/mol. The van der Waals surface area contributed by atoms with Gasteiger partial charge in [0, 0.05) is 36.6 Å². The molecular formula is C30H31N3O10. The van der Waals surface area contributed by atoms with Crippen molar-refractivity contribution < 1.29 is 48.6 Å². The van der Waals surface area contributed by atoms with Crippen LogP contribution in [0.2, 0.25) is 0 Å². The molecule has 1 fully saturated rings. The van der Waals surface area contributed by atoms with E-state index in [-0.39, 0.29) is 35.5 Å². The van der Waals surface area contributed by atoms with E-state index in [0.717, 1.165) is 0 Å². The molecule has 2 aromatic carbocycles. The second-order valence-electron chi connectivity index (χ2n) is 11.1. The van der Waals surface area contributed by atoms with E-state index in [1.807, 2.05) is 10.8 Å². The van der Waals surface area contributed by atoms with Gasteiger partial charge in [0.2, 0.25) is 13.1 Å². The number of carbonyl (C=O) groups excluding carboxylic acids is 2. The molecule has 43 heavy (non-hydrogen) atoms. The fourth-order valence-corrected chi connectivity index (χ4v) is 6.44. The molecule has 1 aromatic heterocycles. The number of nitrogens with zero attached hydrogens (tertiary/aromatic N) is 3. The van der Waals surface area contributed by atoms with Gasteiger partial charge in [-0.1, -0.05) is 0 Å². The summed E-state index contributed by atoms with van der Waals surface area (Å²) < 4.78 is 30.2. The standard InChI is InChI=1S/C30H31N3O10/c1-14-25(34)27(36)28(37)30(42-14)43-22-11-18-15(8-19(22)39-2)23-24(33(29(18)38)6-3-5-32-7-4-31-12-32)16-9-20-21(41-13-40-20)10-17(16)26(23)35/h4,7-12,14,23-25,27-28,30,34,36-37H,3,5-6,13H2,1-2H3/t14-,23?,24?,25+,27+,28-,30-/m0/s1. The smallest absolute Gasteiger partial charge is 0.254 e. The summed E-state index contributed by atoms with van der Waals surface area (Å²) in [7, 11) is 1.42. The molecule has 0 saturated carbocycles. The molecule has 1 saturated heterocycles. The number of ketones is 1. The highest BCUT2D eigenvalue weighted by atomic mass is 16.7. The van der Waals surface area contributed by atoms with Gasteiger partial charge in [0.15, 0.2) is 28.8 Å². The molecule has 3 aliphatic heterocycles. The predicted octanol–water partition coefficient (Wildman–Crippen LogP) is 1.39. The van der Waals surface area contributed by atoms with Gasteiger partial charge in [0.05, 0.1) is 31.5 Å². The maximum atomic E-state index is 14.2. The zero-order valence-electron chi connectivity index (χ0n) is 23.5. The van der Waals surface area contributed by atoms with Crippen molar-refractivity contribution in [3.63, 3.8) is 0 Å². The van der Waals surface area contributed by atoms with Crippen molar-refractivity contribution in [2.45, 2.75) is 62.6 Å². The molecule has 2 unspecified atom stereocenters. The Morgan fingerprint density at radius 3 is 2.49 bits per heavy atom. The minimum Gasteiger partial charge on any atom is -0.493 e. The Balaban J connectivity index is 1.28. The maximum Gasteiger partial charge on any atom is 0.254 e. The summed E-state index contributed by atoms with van der Waals surface area (Å²) in [6, 6.07) is 5.99. The third-order valence-corrected chi connectivity index (χ3v) is 8.65. The molecule has 13 heteroatoms. The van der Waals surface area contributed by atoms with Crippen LogP contribution in [0.3, 0.4) is 0 Å². The van der Waals surface area contributed by atoms with Crippen molar-refractivity contribution in [1.82, 2.24) is 14.5 Å². The Morgan fingerprint density at radius 2 is 1.74 bits per heavy atom. The van der Waals surface area contributed by atoms with Crippen molar-refractivity contribution in [2.24, 2.45) is 0 Å². The van der Waals surface area contributed by atoms with Crippen molar-refractivity contribution >= 4 is 11.7 Å². The largest absolute Gasteiger partial charge is 0.493 e. The molecule has 0 radical (unpaired) electrons. The zero-order valence-corrected chi connectivity index (χ0v) is 23.5. The van der Waals surface area contributed by atoms with E-state index < -0.39 is 42.7 Å². The second-order valence-corrected chi connectivity index (χ2v) is 11.1. The Morgan fingerprint density at radius 1 is 0.953 bits per heavy atom. The molecule has 7 rings (SSSR count). The highest BCUT2D eigenvalue weighted by Crippen LogP contribution is 2.54. The number of aromatic nitrogens is 2. The summed E-state index contributed by atoms with van der Waals surface area (Å²) >= 11 is 0. The number of rotatable bonds is 7. The summed E-state index contributed by atoms with van der Waals surface area (Å²) in [6.07, 6.45) is -0.703. The van der Waals surface area contributed by atoms with E-state index in [4.69, 9.17) is 23.7 Å². The van der Waals surface area contributed by atoms with Crippen LogP contribution in [0.1, 0.15) is 57.1 Å². The van der Waals surface area contributed by atoms with E-state index in [9.17, 15) is 24.9 Å². The first-order chi connectivity index (χ1) is 20.8. The third-order valence-electron chi connectivity index (χ3n) is 8.65. The van der Waals surface area contributed by atoms with E-state index in [2.05, 4.69) is 4.98 Å². The van der Waals surface area contributed by atoms with Gasteiger partial charge in [-0.05, 0) is 48.7 Å². The molecule has 226 valence electrons. The number of fused-ring (bicyclic) bond motifs is 6. The first kappa shape index (κ1) is 27.7. The minimum atomic E-state index is -1.57. The minimum absolute atomic E-state index is 0.0606. The van der Waals surface area contributed by atoms with Crippen LogP contribution in [-0.4, -0.2) is 92.6 Å². The number of Topliss-reactive ketones (excluding diaryl/α,β-unsaturated/α-hetero) is 1. The Bertz CT molecular complexity index is 1580. The SMILES string of the molecule is COc1cc2c(cc1O[C@@H]1O[C@@H](C)[C@@H](O)[C@@H](O)[C@@H]1O)C(=O)N(CCCn1ccnc1)C1c3cc4c(cc3C(=O)C21)OCO4. The van der Waals surface area contributed by atoms with E-state index in [0.29, 0.717) is 47.7 Å². The maximum absolute atomic E-state index is 14.2. The highest BCUT2D eigenvalue weighted by molar-refractivity contribution is 6.11. The molecule has 1 amide bonds. The lowest BCUT2D eigenvalue weighted by atomic mass is 9.82.